The normalized spacial score (nSPS) is 25.5. The average Bonchev–Trinajstić information content (AvgIpc) is 3.57. The van der Waals surface area contributed by atoms with Gasteiger partial charge in [0.2, 0.25) is 11.8 Å². The van der Waals surface area contributed by atoms with E-state index in [9.17, 15) is 14.7 Å². The van der Waals surface area contributed by atoms with E-state index in [-0.39, 0.29) is 45.4 Å². The highest BCUT2D eigenvalue weighted by molar-refractivity contribution is 9.13. The number of ether oxygens (including phenoxy) is 2. The molecule has 2 aliphatic heterocycles. The van der Waals surface area contributed by atoms with Crippen LogP contribution in [0.5, 0.6) is 17.2 Å². The number of carbonyl (C=O) groups is 4. The average molecular weight is 945 g/mol. The van der Waals surface area contributed by atoms with Gasteiger partial charge in [0.25, 0.3) is 11.8 Å². The summed E-state index contributed by atoms with van der Waals surface area (Å²) in [6.45, 7) is 1.83. The first-order valence-electron chi connectivity index (χ1n) is 17.6. The second-order valence-electron chi connectivity index (χ2n) is 14.3. The number of carbonyl (C=O) groups excluding carboxylic acids is 4. The van der Waals surface area contributed by atoms with Gasteiger partial charge in [0, 0.05) is 20.4 Å². The molecule has 3 fully saturated rings. The maximum Gasteiger partial charge on any atom is 0.260 e. The number of halogens is 5. The topological polar surface area (TPSA) is 125 Å². The Morgan fingerprint density at radius 1 is 0.839 bits per heavy atom. The molecule has 288 valence electrons. The highest BCUT2D eigenvalue weighted by atomic mass is 79.9. The summed E-state index contributed by atoms with van der Waals surface area (Å²) in [6, 6.07) is 18.4. The number of benzene rings is 4. The summed E-state index contributed by atoms with van der Waals surface area (Å²) >= 11 is 26.5. The van der Waals surface area contributed by atoms with Gasteiger partial charge >= 0.3 is 0 Å². The van der Waals surface area contributed by atoms with Crippen LogP contribution >= 0.6 is 66.7 Å². The molecular weight excluding hydrogens is 913 g/mol. The summed E-state index contributed by atoms with van der Waals surface area (Å²) in [5.74, 6) is -5.65. The lowest BCUT2D eigenvalue weighted by molar-refractivity contribution is -0.138. The molecule has 2 N–H and O–H groups in total. The van der Waals surface area contributed by atoms with Gasteiger partial charge in [-0.2, -0.15) is 5.01 Å². The number of hydrazine groups is 1. The lowest BCUT2D eigenvalue weighted by Crippen LogP contribution is -2.53. The lowest BCUT2D eigenvalue weighted by Gasteiger charge is -2.51. The number of hydrogen-bond acceptors (Lipinski definition) is 8. The molecule has 56 heavy (non-hydrogen) atoms. The van der Waals surface area contributed by atoms with Crippen molar-refractivity contribution in [1.29, 1.82) is 0 Å². The van der Waals surface area contributed by atoms with Gasteiger partial charge in [-0.15, -0.1) is 0 Å². The minimum absolute atomic E-state index is 0.0577. The van der Waals surface area contributed by atoms with Crippen molar-refractivity contribution in [2.45, 2.75) is 31.1 Å². The Kier molecular flexibility index (Phi) is 9.97. The van der Waals surface area contributed by atoms with Crippen LogP contribution in [0.2, 0.25) is 15.1 Å². The molecule has 0 spiro atoms. The molecule has 2 heterocycles. The molecule has 0 bridgehead atoms. The fourth-order valence-corrected chi connectivity index (χ4v) is 10.7. The SMILES string of the molecule is COc1ccc(C23C(=O)N(Nc4ccc(Cl)cc4Cl)C(=O)C2CC2C(=CCC4C(=O)N(c5ccc(C)c(Cl)c5)C(=O)C42)C3c2cc(OC)c(O)c(Br)c2Br)cc1. The van der Waals surface area contributed by atoms with E-state index in [0.717, 1.165) is 10.6 Å². The number of hydrogen-bond donors (Lipinski definition) is 2. The first-order valence-corrected chi connectivity index (χ1v) is 20.3. The van der Waals surface area contributed by atoms with Crippen molar-refractivity contribution < 1.29 is 33.8 Å². The summed E-state index contributed by atoms with van der Waals surface area (Å²) in [4.78, 5) is 60.8. The number of fused-ring (bicyclic) bond motifs is 4. The molecule has 2 saturated heterocycles. The number of phenolic OH excluding ortho intramolecular Hbond substituents is 1. The van der Waals surface area contributed by atoms with E-state index in [1.54, 1.807) is 60.7 Å². The molecule has 0 aromatic heterocycles. The summed E-state index contributed by atoms with van der Waals surface area (Å²) in [5.41, 5.74) is 4.52. The predicted octanol–water partition coefficient (Wildman–Crippen LogP) is 9.39. The van der Waals surface area contributed by atoms with Crippen molar-refractivity contribution >= 4 is 102 Å². The van der Waals surface area contributed by atoms with E-state index < -0.39 is 52.7 Å². The first kappa shape index (κ1) is 38.8. The van der Waals surface area contributed by atoms with Gasteiger partial charge in [0.15, 0.2) is 11.5 Å². The van der Waals surface area contributed by atoms with Gasteiger partial charge < -0.3 is 14.6 Å². The van der Waals surface area contributed by atoms with Crippen LogP contribution in [-0.2, 0) is 24.6 Å². The number of phenols is 1. The van der Waals surface area contributed by atoms with E-state index in [1.807, 2.05) is 13.0 Å². The van der Waals surface area contributed by atoms with Crippen molar-refractivity contribution in [2.24, 2.45) is 23.7 Å². The lowest BCUT2D eigenvalue weighted by atomic mass is 9.49. The number of allylic oxidation sites excluding steroid dienone is 2. The predicted molar refractivity (Wildman–Crippen MR) is 219 cm³/mol. The Morgan fingerprint density at radius 3 is 2.23 bits per heavy atom. The molecule has 6 atom stereocenters. The molecule has 4 amide bonds. The van der Waals surface area contributed by atoms with Gasteiger partial charge in [-0.25, -0.2) is 4.90 Å². The summed E-state index contributed by atoms with van der Waals surface area (Å²) in [7, 11) is 2.94. The zero-order valence-corrected chi connectivity index (χ0v) is 35.3. The van der Waals surface area contributed by atoms with Crippen molar-refractivity contribution in [3.8, 4) is 17.2 Å². The molecule has 0 radical (unpaired) electrons. The maximum atomic E-state index is 15.6. The fraction of sp³-hybridized carbons (Fsp3) is 0.268. The third kappa shape index (κ3) is 5.69. The van der Waals surface area contributed by atoms with Gasteiger partial charge in [-0.1, -0.05) is 64.7 Å². The largest absolute Gasteiger partial charge is 0.503 e. The van der Waals surface area contributed by atoms with Crippen LogP contribution in [0.25, 0.3) is 0 Å². The molecule has 2 aliphatic carbocycles. The minimum Gasteiger partial charge on any atom is -0.503 e. The Balaban J connectivity index is 1.37. The monoisotopic (exact) mass is 941 g/mol. The smallest absolute Gasteiger partial charge is 0.260 e. The standard InChI is InChI=1S/C41H32Br2Cl3N3O7/c1-18-4-8-21(15-28(18)45)48-37(51)24-12-11-23-25(32(24)39(48)53)16-27-38(52)49(47-30-13-7-20(44)14-29(30)46)40(54)41(27,19-5-9-22(55-2)10-6-19)33(23)26-17-31(56-3)36(50)35(43)34(26)42/h4-11,13-15,17,24-25,27,32-33,47,50H,12,16H2,1-3H3. The number of aryl methyl sites for hydroxylation is 1. The van der Waals surface area contributed by atoms with Crippen LogP contribution in [0.1, 0.15) is 35.4 Å². The molecule has 10 nitrogen and oxygen atoms in total. The van der Waals surface area contributed by atoms with Crippen LogP contribution in [0.4, 0.5) is 11.4 Å². The quantitative estimate of drug-likeness (QED) is 0.139. The van der Waals surface area contributed by atoms with Crippen molar-refractivity contribution in [1.82, 2.24) is 5.01 Å². The summed E-state index contributed by atoms with van der Waals surface area (Å²) in [6.07, 6.45) is 2.20. The number of imide groups is 2. The van der Waals surface area contributed by atoms with E-state index in [0.29, 0.717) is 42.7 Å². The second-order valence-corrected chi connectivity index (χ2v) is 17.1. The van der Waals surface area contributed by atoms with Crippen molar-refractivity contribution in [3.63, 3.8) is 0 Å². The molecular formula is C41H32Br2Cl3N3O7. The second kappa shape index (κ2) is 14.4. The van der Waals surface area contributed by atoms with Gasteiger partial charge in [-0.3, -0.25) is 24.6 Å². The molecule has 4 aromatic carbocycles. The van der Waals surface area contributed by atoms with Gasteiger partial charge in [-0.05, 0) is 123 Å². The van der Waals surface area contributed by atoms with Crippen LogP contribution in [-0.4, -0.2) is 48.0 Å². The number of methoxy groups -OCH3 is 2. The van der Waals surface area contributed by atoms with Gasteiger partial charge in [0.1, 0.15) is 5.75 Å². The van der Waals surface area contributed by atoms with Crippen molar-refractivity contribution in [3.05, 3.63) is 119 Å². The molecule has 4 aliphatic rings. The molecule has 15 heteroatoms. The number of aromatic hydroxyl groups is 1. The highest BCUT2D eigenvalue weighted by Crippen LogP contribution is 2.66. The zero-order valence-electron chi connectivity index (χ0n) is 29.9. The number of nitrogens with zero attached hydrogens (tertiary/aromatic N) is 2. The summed E-state index contributed by atoms with van der Waals surface area (Å²) < 4.78 is 11.8. The maximum absolute atomic E-state index is 15.6. The number of nitrogens with one attached hydrogen (secondary N) is 1. The Labute approximate surface area is 353 Å². The molecule has 1 saturated carbocycles. The number of anilines is 2. The van der Waals surface area contributed by atoms with Crippen LogP contribution in [0, 0.1) is 30.6 Å². The van der Waals surface area contributed by atoms with Crippen LogP contribution < -0.4 is 19.8 Å². The molecule has 8 rings (SSSR count). The third-order valence-electron chi connectivity index (χ3n) is 11.7. The fourth-order valence-electron chi connectivity index (χ4n) is 9.14. The number of amides is 4. The number of rotatable bonds is 7. The van der Waals surface area contributed by atoms with E-state index in [4.69, 9.17) is 44.3 Å². The Bertz CT molecular complexity index is 2410. The van der Waals surface area contributed by atoms with E-state index >= 15 is 9.59 Å². The van der Waals surface area contributed by atoms with Crippen molar-refractivity contribution in [2.75, 3.05) is 24.5 Å². The zero-order chi connectivity index (χ0) is 40.0. The van der Waals surface area contributed by atoms with Gasteiger partial charge in [0.05, 0.1) is 58.3 Å². The molecule has 4 aromatic rings. The van der Waals surface area contributed by atoms with Crippen LogP contribution in [0.15, 0.2) is 87.3 Å². The Morgan fingerprint density at radius 2 is 1.57 bits per heavy atom. The first-order chi connectivity index (χ1) is 26.7. The van der Waals surface area contributed by atoms with E-state index in [1.165, 1.54) is 25.2 Å². The minimum atomic E-state index is -1.63. The highest BCUT2D eigenvalue weighted by Gasteiger charge is 2.70. The summed E-state index contributed by atoms with van der Waals surface area (Å²) in [5, 5.41) is 13.0. The third-order valence-corrected chi connectivity index (χ3v) is 14.8. The molecule has 6 unspecified atom stereocenters. The Hall–Kier alpha value is -4.07. The van der Waals surface area contributed by atoms with E-state index in [2.05, 4.69) is 37.3 Å². The van der Waals surface area contributed by atoms with Crippen LogP contribution in [0.3, 0.4) is 0 Å².